The number of carbonyl (C=O) groups excluding carboxylic acids is 1. The van der Waals surface area contributed by atoms with Crippen molar-refractivity contribution in [3.8, 4) is 0 Å². The van der Waals surface area contributed by atoms with Crippen molar-refractivity contribution < 1.29 is 4.79 Å². The highest BCUT2D eigenvalue weighted by Crippen LogP contribution is 2.09. The van der Waals surface area contributed by atoms with E-state index in [1.807, 2.05) is 17.8 Å². The molecule has 0 aromatic carbocycles. The Labute approximate surface area is 70.6 Å². The summed E-state index contributed by atoms with van der Waals surface area (Å²) < 4.78 is 1.90. The summed E-state index contributed by atoms with van der Waals surface area (Å²) in [6.45, 7) is 3.46. The molecule has 1 aliphatic heterocycles. The summed E-state index contributed by atoms with van der Waals surface area (Å²) >= 11 is 0. The molecule has 0 bridgehead atoms. The lowest BCUT2D eigenvalue weighted by Gasteiger charge is -1.99. The Bertz CT molecular complexity index is 316. The SMILES string of the molecule is Cc1cnn2c1CC(=O)NCC2. The van der Waals surface area contributed by atoms with Gasteiger partial charge in [0.2, 0.25) is 5.91 Å². The third-order valence-electron chi connectivity index (χ3n) is 2.13. The Morgan fingerprint density at radius 2 is 2.50 bits per heavy atom. The lowest BCUT2D eigenvalue weighted by atomic mass is 10.2. The topological polar surface area (TPSA) is 46.9 Å². The second kappa shape index (κ2) is 2.62. The minimum absolute atomic E-state index is 0.0948. The van der Waals surface area contributed by atoms with E-state index in [1.54, 1.807) is 0 Å². The van der Waals surface area contributed by atoms with E-state index in [4.69, 9.17) is 0 Å². The quantitative estimate of drug-likeness (QED) is 0.581. The molecule has 0 saturated carbocycles. The lowest BCUT2D eigenvalue weighted by Crippen LogP contribution is -2.24. The summed E-state index contributed by atoms with van der Waals surface area (Å²) in [5.41, 5.74) is 2.15. The third-order valence-corrected chi connectivity index (χ3v) is 2.13. The van der Waals surface area contributed by atoms with E-state index in [0.717, 1.165) is 17.8 Å². The predicted molar refractivity (Wildman–Crippen MR) is 43.7 cm³/mol. The Hall–Kier alpha value is -1.32. The number of hydrogen-bond donors (Lipinski definition) is 1. The van der Waals surface area contributed by atoms with Crippen LogP contribution < -0.4 is 5.32 Å². The average molecular weight is 165 g/mol. The number of nitrogens with zero attached hydrogens (tertiary/aromatic N) is 2. The molecule has 0 atom stereocenters. The second-order valence-electron chi connectivity index (χ2n) is 3.02. The van der Waals surface area contributed by atoms with Gasteiger partial charge in [-0.05, 0) is 12.5 Å². The summed E-state index contributed by atoms with van der Waals surface area (Å²) in [4.78, 5) is 11.1. The number of rotatable bonds is 0. The van der Waals surface area contributed by atoms with Crippen LogP contribution in [0.5, 0.6) is 0 Å². The van der Waals surface area contributed by atoms with E-state index < -0.39 is 0 Å². The molecule has 12 heavy (non-hydrogen) atoms. The van der Waals surface area contributed by atoms with Gasteiger partial charge in [0, 0.05) is 6.54 Å². The maximum Gasteiger partial charge on any atom is 0.226 e. The first-order valence-corrected chi connectivity index (χ1v) is 4.05. The van der Waals surface area contributed by atoms with E-state index in [0.29, 0.717) is 13.0 Å². The fraction of sp³-hybridized carbons (Fsp3) is 0.500. The van der Waals surface area contributed by atoms with Crippen LogP contribution in [-0.2, 0) is 17.8 Å². The third kappa shape index (κ3) is 1.09. The fourth-order valence-electron chi connectivity index (χ4n) is 1.44. The van der Waals surface area contributed by atoms with Crippen molar-refractivity contribution >= 4 is 5.91 Å². The molecule has 4 nitrogen and oxygen atoms in total. The normalized spacial score (nSPS) is 16.6. The summed E-state index contributed by atoms with van der Waals surface area (Å²) in [7, 11) is 0. The molecule has 1 aromatic rings. The predicted octanol–water partition coefficient (Wildman–Crippen LogP) is -0.136. The molecule has 0 spiro atoms. The molecule has 0 saturated heterocycles. The first kappa shape index (κ1) is 7.34. The average Bonchev–Trinajstić information content (AvgIpc) is 2.31. The van der Waals surface area contributed by atoms with Gasteiger partial charge in [-0.3, -0.25) is 9.48 Å². The van der Waals surface area contributed by atoms with Crippen molar-refractivity contribution in [3.05, 3.63) is 17.5 Å². The first-order chi connectivity index (χ1) is 5.77. The summed E-state index contributed by atoms with van der Waals surface area (Å²) in [6, 6.07) is 0. The van der Waals surface area contributed by atoms with Gasteiger partial charge in [-0.15, -0.1) is 0 Å². The molecular weight excluding hydrogens is 154 g/mol. The van der Waals surface area contributed by atoms with Crippen LogP contribution in [0, 0.1) is 6.92 Å². The van der Waals surface area contributed by atoms with Gasteiger partial charge in [0.15, 0.2) is 0 Å². The second-order valence-corrected chi connectivity index (χ2v) is 3.02. The number of nitrogens with one attached hydrogen (secondary N) is 1. The number of aromatic nitrogens is 2. The first-order valence-electron chi connectivity index (χ1n) is 4.05. The van der Waals surface area contributed by atoms with Crippen LogP contribution in [0.2, 0.25) is 0 Å². The lowest BCUT2D eigenvalue weighted by molar-refractivity contribution is -0.120. The zero-order chi connectivity index (χ0) is 8.55. The number of aryl methyl sites for hydroxylation is 1. The van der Waals surface area contributed by atoms with E-state index in [2.05, 4.69) is 10.4 Å². The van der Waals surface area contributed by atoms with Crippen molar-refractivity contribution in [2.75, 3.05) is 6.54 Å². The molecule has 1 aliphatic rings. The van der Waals surface area contributed by atoms with Gasteiger partial charge in [0.25, 0.3) is 0 Å². The zero-order valence-electron chi connectivity index (χ0n) is 7.00. The van der Waals surface area contributed by atoms with Crippen LogP contribution in [0.1, 0.15) is 11.3 Å². The van der Waals surface area contributed by atoms with Crippen molar-refractivity contribution in [1.82, 2.24) is 15.1 Å². The van der Waals surface area contributed by atoms with Gasteiger partial charge in [0.1, 0.15) is 0 Å². The smallest absolute Gasteiger partial charge is 0.226 e. The fourth-order valence-corrected chi connectivity index (χ4v) is 1.44. The van der Waals surface area contributed by atoms with Gasteiger partial charge in [-0.2, -0.15) is 5.10 Å². The molecule has 0 unspecified atom stereocenters. The van der Waals surface area contributed by atoms with Gasteiger partial charge in [-0.25, -0.2) is 0 Å². The Balaban J connectivity index is 2.40. The van der Waals surface area contributed by atoms with Crippen LogP contribution in [-0.4, -0.2) is 22.2 Å². The van der Waals surface area contributed by atoms with E-state index >= 15 is 0 Å². The van der Waals surface area contributed by atoms with Crippen molar-refractivity contribution in [2.24, 2.45) is 0 Å². The summed E-state index contributed by atoms with van der Waals surface area (Å²) in [6.07, 6.45) is 2.28. The van der Waals surface area contributed by atoms with Crippen LogP contribution in [0.25, 0.3) is 0 Å². The van der Waals surface area contributed by atoms with Gasteiger partial charge in [-0.1, -0.05) is 0 Å². The van der Waals surface area contributed by atoms with Gasteiger partial charge < -0.3 is 5.32 Å². The molecule has 1 N–H and O–H groups in total. The van der Waals surface area contributed by atoms with E-state index in [1.165, 1.54) is 0 Å². The monoisotopic (exact) mass is 165 g/mol. The molecule has 1 aromatic heterocycles. The molecule has 1 amide bonds. The Kier molecular flexibility index (Phi) is 1.60. The van der Waals surface area contributed by atoms with E-state index in [-0.39, 0.29) is 5.91 Å². The van der Waals surface area contributed by atoms with Crippen molar-refractivity contribution in [2.45, 2.75) is 19.9 Å². The largest absolute Gasteiger partial charge is 0.354 e. The molecule has 2 heterocycles. The highest BCUT2D eigenvalue weighted by Gasteiger charge is 2.14. The van der Waals surface area contributed by atoms with E-state index in [9.17, 15) is 4.79 Å². The molecule has 4 heteroatoms. The number of carbonyl (C=O) groups is 1. The van der Waals surface area contributed by atoms with Gasteiger partial charge >= 0.3 is 0 Å². The maximum absolute atomic E-state index is 11.1. The summed E-state index contributed by atoms with van der Waals surface area (Å²) in [5, 5.41) is 6.98. The van der Waals surface area contributed by atoms with Crippen LogP contribution >= 0.6 is 0 Å². The molecule has 0 aliphatic carbocycles. The Morgan fingerprint density at radius 3 is 3.33 bits per heavy atom. The number of hydrogen-bond acceptors (Lipinski definition) is 2. The van der Waals surface area contributed by atoms with Gasteiger partial charge in [0.05, 0.1) is 24.9 Å². The highest BCUT2D eigenvalue weighted by atomic mass is 16.1. The van der Waals surface area contributed by atoms with Crippen LogP contribution in [0.3, 0.4) is 0 Å². The standard InChI is InChI=1S/C8H11N3O/c1-6-5-10-11-3-2-9-8(12)4-7(6)11/h5H,2-4H2,1H3,(H,9,12). The highest BCUT2D eigenvalue weighted by molar-refractivity contribution is 5.78. The zero-order valence-corrected chi connectivity index (χ0v) is 7.00. The molecule has 64 valence electrons. The minimum atomic E-state index is 0.0948. The molecule has 0 radical (unpaired) electrons. The van der Waals surface area contributed by atoms with Crippen molar-refractivity contribution in [3.63, 3.8) is 0 Å². The molecule has 2 rings (SSSR count). The number of fused-ring (bicyclic) bond motifs is 1. The van der Waals surface area contributed by atoms with Crippen LogP contribution in [0.15, 0.2) is 6.20 Å². The number of amides is 1. The van der Waals surface area contributed by atoms with Crippen molar-refractivity contribution in [1.29, 1.82) is 0 Å². The van der Waals surface area contributed by atoms with Crippen LogP contribution in [0.4, 0.5) is 0 Å². The molecular formula is C8H11N3O. The molecule has 0 fully saturated rings. The maximum atomic E-state index is 11.1. The summed E-state index contributed by atoms with van der Waals surface area (Å²) in [5.74, 6) is 0.0948. The minimum Gasteiger partial charge on any atom is -0.354 e. The Morgan fingerprint density at radius 1 is 1.67 bits per heavy atom.